The van der Waals surface area contributed by atoms with Gasteiger partial charge in [0.25, 0.3) is 5.91 Å². The fraction of sp³-hybridized carbons (Fsp3) is 0.200. The predicted octanol–water partition coefficient (Wildman–Crippen LogP) is 0.765. The normalized spacial score (nSPS) is 10.1. The van der Waals surface area contributed by atoms with Crippen LogP contribution >= 0.6 is 11.3 Å². The Morgan fingerprint density at radius 3 is 3.06 bits per heavy atom. The molecule has 1 N–H and O–H groups in total. The summed E-state index contributed by atoms with van der Waals surface area (Å²) in [7, 11) is 1.30. The SMILES string of the molecule is COC(=O)Cn1cc(NC(=O)c2cscn2)cn1. The monoisotopic (exact) mass is 266 g/mol. The number of carbonyl (C=O) groups excluding carboxylic acids is 2. The molecule has 2 aromatic heterocycles. The van der Waals surface area contributed by atoms with E-state index in [-0.39, 0.29) is 12.5 Å². The summed E-state index contributed by atoms with van der Waals surface area (Å²) in [5.41, 5.74) is 2.42. The molecule has 0 aliphatic rings. The van der Waals surface area contributed by atoms with Gasteiger partial charge in [0.1, 0.15) is 12.2 Å². The van der Waals surface area contributed by atoms with Crippen molar-refractivity contribution >= 4 is 28.9 Å². The lowest BCUT2D eigenvalue weighted by Crippen LogP contribution is -2.13. The van der Waals surface area contributed by atoms with Crippen LogP contribution in [-0.2, 0) is 16.1 Å². The smallest absolute Gasteiger partial charge is 0.327 e. The first-order chi connectivity index (χ1) is 8.69. The molecule has 2 rings (SSSR count). The standard InChI is InChI=1S/C10H10N4O3S/c1-17-9(15)4-14-3-7(2-12-14)13-10(16)8-5-18-6-11-8/h2-3,5-6H,4H2,1H3,(H,13,16). The summed E-state index contributed by atoms with van der Waals surface area (Å²) in [5.74, 6) is -0.718. The average molecular weight is 266 g/mol. The van der Waals surface area contributed by atoms with E-state index in [0.29, 0.717) is 11.4 Å². The number of ether oxygens (including phenoxy) is 1. The molecule has 0 saturated carbocycles. The van der Waals surface area contributed by atoms with E-state index in [0.717, 1.165) is 0 Å². The van der Waals surface area contributed by atoms with E-state index in [9.17, 15) is 9.59 Å². The first-order valence-electron chi connectivity index (χ1n) is 4.98. The summed E-state index contributed by atoms with van der Waals surface area (Å²) >= 11 is 1.34. The van der Waals surface area contributed by atoms with Crippen LogP contribution in [0.15, 0.2) is 23.3 Å². The topological polar surface area (TPSA) is 86.1 Å². The number of amides is 1. The molecule has 2 heterocycles. The Labute approximate surface area is 106 Å². The van der Waals surface area contributed by atoms with E-state index >= 15 is 0 Å². The highest BCUT2D eigenvalue weighted by Gasteiger charge is 2.10. The minimum Gasteiger partial charge on any atom is -0.468 e. The summed E-state index contributed by atoms with van der Waals surface area (Å²) in [4.78, 5) is 26.6. The lowest BCUT2D eigenvalue weighted by molar-refractivity contribution is -0.141. The van der Waals surface area contributed by atoms with Crippen LogP contribution in [0.4, 0.5) is 5.69 Å². The first-order valence-corrected chi connectivity index (χ1v) is 5.92. The molecule has 0 bridgehead atoms. The van der Waals surface area contributed by atoms with Gasteiger partial charge in [-0.2, -0.15) is 5.10 Å². The molecule has 0 aliphatic heterocycles. The largest absolute Gasteiger partial charge is 0.468 e. The van der Waals surface area contributed by atoms with E-state index < -0.39 is 5.97 Å². The number of methoxy groups -OCH3 is 1. The molecule has 0 radical (unpaired) electrons. The van der Waals surface area contributed by atoms with Crippen LogP contribution in [0.2, 0.25) is 0 Å². The lowest BCUT2D eigenvalue weighted by atomic mass is 10.4. The summed E-state index contributed by atoms with van der Waals surface area (Å²) in [6.45, 7) is 0.00305. The number of aromatic nitrogens is 3. The zero-order valence-electron chi connectivity index (χ0n) is 9.49. The highest BCUT2D eigenvalue weighted by atomic mass is 32.1. The third kappa shape index (κ3) is 2.92. The molecule has 0 saturated heterocycles. The van der Waals surface area contributed by atoms with E-state index in [4.69, 9.17) is 0 Å². The zero-order chi connectivity index (χ0) is 13.0. The van der Waals surface area contributed by atoms with Gasteiger partial charge in [0, 0.05) is 11.6 Å². The lowest BCUT2D eigenvalue weighted by Gasteiger charge is -1.99. The minimum atomic E-state index is -0.407. The van der Waals surface area contributed by atoms with Crippen LogP contribution in [0.25, 0.3) is 0 Å². The maximum Gasteiger partial charge on any atom is 0.327 e. The van der Waals surface area contributed by atoms with Gasteiger partial charge in [-0.1, -0.05) is 0 Å². The molecule has 0 atom stereocenters. The van der Waals surface area contributed by atoms with Crippen molar-refractivity contribution in [1.29, 1.82) is 0 Å². The Morgan fingerprint density at radius 2 is 2.39 bits per heavy atom. The predicted molar refractivity (Wildman–Crippen MR) is 64.3 cm³/mol. The molecule has 0 fully saturated rings. The average Bonchev–Trinajstić information content (AvgIpc) is 3.00. The second-order valence-electron chi connectivity index (χ2n) is 3.33. The van der Waals surface area contributed by atoms with Crippen molar-refractivity contribution in [2.75, 3.05) is 12.4 Å². The highest BCUT2D eigenvalue weighted by molar-refractivity contribution is 7.07. The van der Waals surface area contributed by atoms with Crippen molar-refractivity contribution in [1.82, 2.24) is 14.8 Å². The van der Waals surface area contributed by atoms with E-state index in [2.05, 4.69) is 20.1 Å². The van der Waals surface area contributed by atoms with Crippen LogP contribution in [0.5, 0.6) is 0 Å². The Bertz CT molecular complexity index is 549. The molecule has 94 valence electrons. The van der Waals surface area contributed by atoms with Gasteiger partial charge in [-0.15, -0.1) is 11.3 Å². The van der Waals surface area contributed by atoms with Crippen molar-refractivity contribution < 1.29 is 14.3 Å². The highest BCUT2D eigenvalue weighted by Crippen LogP contribution is 2.08. The molecular formula is C10H10N4O3S. The molecule has 2 aromatic rings. The number of hydrogen-bond donors (Lipinski definition) is 1. The Hall–Kier alpha value is -2.22. The van der Waals surface area contributed by atoms with Crippen molar-refractivity contribution in [3.8, 4) is 0 Å². The van der Waals surface area contributed by atoms with E-state index in [1.807, 2.05) is 0 Å². The quantitative estimate of drug-likeness (QED) is 0.826. The minimum absolute atomic E-state index is 0.00305. The van der Waals surface area contributed by atoms with Gasteiger partial charge in [-0.05, 0) is 0 Å². The number of esters is 1. The Kier molecular flexibility index (Phi) is 3.68. The number of thiazole rings is 1. The molecule has 0 aliphatic carbocycles. The van der Waals surface area contributed by atoms with Crippen LogP contribution in [0.1, 0.15) is 10.5 Å². The number of nitrogens with zero attached hydrogens (tertiary/aromatic N) is 3. The van der Waals surface area contributed by atoms with Crippen LogP contribution < -0.4 is 5.32 Å². The first kappa shape index (κ1) is 12.2. The van der Waals surface area contributed by atoms with Gasteiger partial charge in [0.2, 0.25) is 0 Å². The van der Waals surface area contributed by atoms with Crippen molar-refractivity contribution in [3.63, 3.8) is 0 Å². The third-order valence-electron chi connectivity index (χ3n) is 2.07. The number of carbonyl (C=O) groups is 2. The number of hydrogen-bond acceptors (Lipinski definition) is 6. The summed E-state index contributed by atoms with van der Waals surface area (Å²) < 4.78 is 5.89. The van der Waals surface area contributed by atoms with Crippen LogP contribution in [0.3, 0.4) is 0 Å². The molecule has 0 spiro atoms. The van der Waals surface area contributed by atoms with Gasteiger partial charge in [0.05, 0.1) is 24.5 Å². The fourth-order valence-electron chi connectivity index (χ4n) is 1.23. The maximum atomic E-state index is 11.7. The van der Waals surface area contributed by atoms with Crippen molar-refractivity contribution in [3.05, 3.63) is 29.0 Å². The van der Waals surface area contributed by atoms with Crippen LogP contribution in [-0.4, -0.2) is 33.8 Å². The molecule has 0 aromatic carbocycles. The van der Waals surface area contributed by atoms with Crippen molar-refractivity contribution in [2.45, 2.75) is 6.54 Å². The number of nitrogens with one attached hydrogen (secondary N) is 1. The van der Waals surface area contributed by atoms with Crippen LogP contribution in [0, 0.1) is 0 Å². The van der Waals surface area contributed by atoms with E-state index in [1.54, 1.807) is 17.1 Å². The van der Waals surface area contributed by atoms with Crippen molar-refractivity contribution in [2.24, 2.45) is 0 Å². The zero-order valence-corrected chi connectivity index (χ0v) is 10.3. The maximum absolute atomic E-state index is 11.7. The van der Waals surface area contributed by atoms with Gasteiger partial charge in [0.15, 0.2) is 0 Å². The molecule has 18 heavy (non-hydrogen) atoms. The molecule has 8 heteroatoms. The molecule has 7 nitrogen and oxygen atoms in total. The second kappa shape index (κ2) is 5.41. The number of rotatable bonds is 4. The molecule has 0 unspecified atom stereocenters. The summed E-state index contributed by atoms with van der Waals surface area (Å²) in [5, 5.41) is 8.19. The summed E-state index contributed by atoms with van der Waals surface area (Å²) in [6.07, 6.45) is 2.99. The number of anilines is 1. The fourth-order valence-corrected chi connectivity index (χ4v) is 1.76. The molecule has 1 amide bonds. The molecular weight excluding hydrogens is 256 g/mol. The third-order valence-corrected chi connectivity index (χ3v) is 2.66. The summed E-state index contributed by atoms with van der Waals surface area (Å²) in [6, 6.07) is 0. The van der Waals surface area contributed by atoms with Gasteiger partial charge < -0.3 is 10.1 Å². The van der Waals surface area contributed by atoms with Gasteiger partial charge >= 0.3 is 5.97 Å². The Balaban J connectivity index is 1.98. The van der Waals surface area contributed by atoms with Gasteiger partial charge in [-0.25, -0.2) is 4.98 Å². The Morgan fingerprint density at radius 1 is 1.56 bits per heavy atom. The van der Waals surface area contributed by atoms with Gasteiger partial charge in [-0.3, -0.25) is 14.3 Å². The van der Waals surface area contributed by atoms with E-state index in [1.165, 1.54) is 29.3 Å². The second-order valence-corrected chi connectivity index (χ2v) is 4.05.